The number of phenols is 1. The van der Waals surface area contributed by atoms with Gasteiger partial charge in [-0.3, -0.25) is 0 Å². The van der Waals surface area contributed by atoms with Crippen molar-refractivity contribution >= 4 is 0 Å². The first kappa shape index (κ1) is 15.5. The van der Waals surface area contributed by atoms with Crippen molar-refractivity contribution in [1.29, 1.82) is 0 Å². The average molecular weight is 287 g/mol. The number of hydrogen-bond donors (Lipinski definition) is 2. The fraction of sp³-hybridized carbons (Fsp3) is 0.333. The largest absolute Gasteiger partial charge is 0.505 e. The Bertz CT molecular complexity index is 569. The smallest absolute Gasteiger partial charge is 0.165 e. The summed E-state index contributed by atoms with van der Waals surface area (Å²) in [5.41, 5.74) is 2.07. The minimum Gasteiger partial charge on any atom is -0.505 e. The molecule has 0 aliphatic rings. The molecule has 0 saturated heterocycles. The van der Waals surface area contributed by atoms with Crippen molar-refractivity contribution in [2.75, 3.05) is 0 Å². The highest BCUT2D eigenvalue weighted by Crippen LogP contribution is 2.22. The molecule has 0 aliphatic carbocycles. The third kappa shape index (κ3) is 4.57. The fourth-order valence-corrected chi connectivity index (χ4v) is 2.40. The molecule has 0 bridgehead atoms. The van der Waals surface area contributed by atoms with Gasteiger partial charge < -0.3 is 10.4 Å². The number of halogens is 1. The fourth-order valence-electron chi connectivity index (χ4n) is 2.40. The van der Waals surface area contributed by atoms with Crippen LogP contribution in [0.1, 0.15) is 37.4 Å². The second kappa shape index (κ2) is 7.23. The van der Waals surface area contributed by atoms with Crippen LogP contribution in [-0.2, 0) is 6.54 Å². The summed E-state index contributed by atoms with van der Waals surface area (Å²) in [6.07, 6.45) is 1.02. The van der Waals surface area contributed by atoms with Crippen molar-refractivity contribution in [2.24, 2.45) is 5.92 Å². The van der Waals surface area contributed by atoms with E-state index in [1.165, 1.54) is 17.7 Å². The van der Waals surface area contributed by atoms with Crippen LogP contribution in [0.5, 0.6) is 5.75 Å². The van der Waals surface area contributed by atoms with Crippen molar-refractivity contribution in [3.05, 3.63) is 65.5 Å². The first-order valence-electron chi connectivity index (χ1n) is 7.32. The molecule has 0 amide bonds. The van der Waals surface area contributed by atoms with Crippen LogP contribution in [0.2, 0.25) is 0 Å². The Morgan fingerprint density at radius 2 is 1.81 bits per heavy atom. The van der Waals surface area contributed by atoms with E-state index in [-0.39, 0.29) is 11.8 Å². The third-order valence-electron chi connectivity index (χ3n) is 3.47. The molecule has 0 aliphatic heterocycles. The molecule has 0 aromatic heterocycles. The van der Waals surface area contributed by atoms with Crippen molar-refractivity contribution in [3.63, 3.8) is 0 Å². The van der Waals surface area contributed by atoms with E-state index in [9.17, 15) is 9.50 Å². The second-order valence-electron chi connectivity index (χ2n) is 5.76. The maximum atomic E-state index is 13.4. The molecule has 21 heavy (non-hydrogen) atoms. The summed E-state index contributed by atoms with van der Waals surface area (Å²) < 4.78 is 13.4. The van der Waals surface area contributed by atoms with Crippen LogP contribution >= 0.6 is 0 Å². The number of rotatable bonds is 6. The zero-order valence-corrected chi connectivity index (χ0v) is 12.5. The summed E-state index contributed by atoms with van der Waals surface area (Å²) in [5, 5.41) is 12.7. The molecular formula is C18H22FNO. The van der Waals surface area contributed by atoms with Gasteiger partial charge in [0, 0.05) is 12.6 Å². The lowest BCUT2D eigenvalue weighted by Crippen LogP contribution is -2.22. The van der Waals surface area contributed by atoms with Crippen molar-refractivity contribution in [1.82, 2.24) is 5.32 Å². The van der Waals surface area contributed by atoms with Gasteiger partial charge in [-0.1, -0.05) is 50.2 Å². The standard InChI is InChI=1S/C18H22FNO/c1-13(2)10-17(15-6-4-3-5-7-15)20-12-14-8-9-18(21)16(19)11-14/h3-9,11,13,17,20-21H,10,12H2,1-2H3. The van der Waals surface area contributed by atoms with E-state index in [2.05, 4.69) is 31.3 Å². The maximum absolute atomic E-state index is 13.4. The van der Waals surface area contributed by atoms with Gasteiger partial charge in [-0.05, 0) is 35.6 Å². The van der Waals surface area contributed by atoms with Crippen molar-refractivity contribution < 1.29 is 9.50 Å². The number of benzene rings is 2. The van der Waals surface area contributed by atoms with Gasteiger partial charge in [-0.25, -0.2) is 4.39 Å². The van der Waals surface area contributed by atoms with Crippen LogP contribution in [0.25, 0.3) is 0 Å². The summed E-state index contributed by atoms with van der Waals surface area (Å²) >= 11 is 0. The van der Waals surface area contributed by atoms with E-state index in [1.807, 2.05) is 18.2 Å². The highest BCUT2D eigenvalue weighted by atomic mass is 19.1. The molecule has 0 saturated carbocycles. The van der Waals surface area contributed by atoms with Crippen LogP contribution in [0.4, 0.5) is 4.39 Å². The summed E-state index contributed by atoms with van der Waals surface area (Å²) in [5.74, 6) is -0.311. The molecule has 2 N–H and O–H groups in total. The van der Waals surface area contributed by atoms with Crippen molar-refractivity contribution in [3.8, 4) is 5.75 Å². The lowest BCUT2D eigenvalue weighted by atomic mass is 9.97. The Morgan fingerprint density at radius 1 is 1.10 bits per heavy atom. The Kier molecular flexibility index (Phi) is 5.34. The summed E-state index contributed by atoms with van der Waals surface area (Å²) in [6, 6.07) is 15.0. The van der Waals surface area contributed by atoms with Gasteiger partial charge in [-0.2, -0.15) is 0 Å². The lowest BCUT2D eigenvalue weighted by molar-refractivity contribution is 0.422. The molecule has 2 nitrogen and oxygen atoms in total. The highest BCUT2D eigenvalue weighted by Gasteiger charge is 2.13. The Balaban J connectivity index is 2.07. The minimum absolute atomic E-state index is 0.239. The third-order valence-corrected chi connectivity index (χ3v) is 3.47. The van der Waals surface area contributed by atoms with Crippen LogP contribution < -0.4 is 5.32 Å². The molecule has 1 atom stereocenters. The number of hydrogen-bond acceptors (Lipinski definition) is 2. The predicted octanol–water partition coefficient (Wildman–Crippen LogP) is 4.41. The van der Waals surface area contributed by atoms with Gasteiger partial charge in [0.1, 0.15) is 0 Å². The molecule has 0 radical (unpaired) electrons. The number of phenolic OH excluding ortho intramolecular Hbond substituents is 1. The first-order chi connectivity index (χ1) is 10.1. The molecule has 0 fully saturated rings. The SMILES string of the molecule is CC(C)CC(NCc1ccc(O)c(F)c1)c1ccccc1. The highest BCUT2D eigenvalue weighted by molar-refractivity contribution is 5.28. The average Bonchev–Trinajstić information content (AvgIpc) is 2.47. The zero-order chi connectivity index (χ0) is 15.2. The molecule has 3 heteroatoms. The molecule has 1 unspecified atom stereocenters. The van der Waals surface area contributed by atoms with Crippen LogP contribution in [0, 0.1) is 11.7 Å². The topological polar surface area (TPSA) is 32.3 Å². The van der Waals surface area contributed by atoms with E-state index in [1.54, 1.807) is 6.07 Å². The molecule has 2 rings (SSSR count). The van der Waals surface area contributed by atoms with E-state index in [0.717, 1.165) is 12.0 Å². The second-order valence-corrected chi connectivity index (χ2v) is 5.76. The van der Waals surface area contributed by atoms with E-state index in [0.29, 0.717) is 12.5 Å². The van der Waals surface area contributed by atoms with Crippen molar-refractivity contribution in [2.45, 2.75) is 32.9 Å². The number of aromatic hydroxyl groups is 1. The van der Waals surface area contributed by atoms with E-state index >= 15 is 0 Å². The summed E-state index contributed by atoms with van der Waals surface area (Å²) in [4.78, 5) is 0. The van der Waals surface area contributed by atoms with Gasteiger partial charge in [0.25, 0.3) is 0 Å². The minimum atomic E-state index is -0.575. The quantitative estimate of drug-likeness (QED) is 0.825. The van der Waals surface area contributed by atoms with Gasteiger partial charge in [0.05, 0.1) is 0 Å². The monoisotopic (exact) mass is 287 g/mol. The summed E-state index contributed by atoms with van der Waals surface area (Å²) in [6.45, 7) is 4.96. The van der Waals surface area contributed by atoms with Gasteiger partial charge in [-0.15, -0.1) is 0 Å². The number of nitrogens with one attached hydrogen (secondary N) is 1. The Hall–Kier alpha value is -1.87. The van der Waals surface area contributed by atoms with Gasteiger partial charge in [0.2, 0.25) is 0 Å². The summed E-state index contributed by atoms with van der Waals surface area (Å²) in [7, 11) is 0. The first-order valence-corrected chi connectivity index (χ1v) is 7.32. The van der Waals surface area contributed by atoms with E-state index < -0.39 is 5.82 Å². The lowest BCUT2D eigenvalue weighted by Gasteiger charge is -2.21. The molecule has 2 aromatic carbocycles. The van der Waals surface area contributed by atoms with Crippen LogP contribution in [0.3, 0.4) is 0 Å². The van der Waals surface area contributed by atoms with E-state index in [4.69, 9.17) is 0 Å². The Morgan fingerprint density at radius 3 is 2.43 bits per heavy atom. The zero-order valence-electron chi connectivity index (χ0n) is 12.5. The molecular weight excluding hydrogens is 265 g/mol. The molecule has 0 spiro atoms. The maximum Gasteiger partial charge on any atom is 0.165 e. The molecule has 112 valence electrons. The Labute approximate surface area is 125 Å². The normalized spacial score (nSPS) is 12.6. The van der Waals surface area contributed by atoms with Gasteiger partial charge >= 0.3 is 0 Å². The molecule has 2 aromatic rings. The molecule has 0 heterocycles. The van der Waals surface area contributed by atoms with Gasteiger partial charge in [0.15, 0.2) is 11.6 Å². The predicted molar refractivity (Wildman–Crippen MR) is 83.5 cm³/mol. The van der Waals surface area contributed by atoms with Crippen LogP contribution in [-0.4, -0.2) is 5.11 Å². The van der Waals surface area contributed by atoms with Crippen LogP contribution in [0.15, 0.2) is 48.5 Å².